The molecule has 1 saturated heterocycles. The molecule has 0 spiro atoms. The van der Waals surface area contributed by atoms with E-state index in [9.17, 15) is 10.1 Å². The van der Waals surface area contributed by atoms with Crippen molar-refractivity contribution in [3.05, 3.63) is 87.2 Å². The molecule has 2 N–H and O–H groups in total. The zero-order valence-corrected chi connectivity index (χ0v) is 29.6. The molecule has 3 aromatic heterocycles. The van der Waals surface area contributed by atoms with Gasteiger partial charge in [-0.15, -0.1) is 5.10 Å². The fourth-order valence-electron chi connectivity index (χ4n) is 6.50. The second kappa shape index (κ2) is 12.9. The highest BCUT2D eigenvalue weighted by molar-refractivity contribution is 6.35. The van der Waals surface area contributed by atoms with Crippen LogP contribution in [0.25, 0.3) is 21.7 Å². The Hall–Kier alpha value is -4.46. The van der Waals surface area contributed by atoms with Crippen LogP contribution in [-0.4, -0.2) is 54.6 Å². The largest absolute Gasteiger partial charge is 0.383 e. The van der Waals surface area contributed by atoms with E-state index in [4.69, 9.17) is 16.7 Å². The van der Waals surface area contributed by atoms with Gasteiger partial charge in [-0.1, -0.05) is 49.7 Å². The van der Waals surface area contributed by atoms with Gasteiger partial charge in [0.25, 0.3) is 5.56 Å². The average Bonchev–Trinajstić information content (AvgIpc) is 3.53. The molecule has 1 atom stereocenters. The van der Waals surface area contributed by atoms with E-state index in [1.54, 1.807) is 24.0 Å². The van der Waals surface area contributed by atoms with Crippen molar-refractivity contribution >= 4 is 44.7 Å². The number of nitriles is 1. The van der Waals surface area contributed by atoms with E-state index in [1.165, 1.54) is 0 Å². The molecule has 0 bridgehead atoms. The summed E-state index contributed by atoms with van der Waals surface area (Å²) in [5, 5.41) is 29.2. The summed E-state index contributed by atoms with van der Waals surface area (Å²) in [4.78, 5) is 20.2. The summed E-state index contributed by atoms with van der Waals surface area (Å²) in [5.74, 6) is 0. The van der Waals surface area contributed by atoms with Crippen LogP contribution >= 0.6 is 11.6 Å². The van der Waals surface area contributed by atoms with Crippen LogP contribution in [0.15, 0.2) is 59.8 Å². The normalized spacial score (nSPS) is 15.5. The van der Waals surface area contributed by atoms with E-state index in [0.29, 0.717) is 33.7 Å². The number of rotatable bonds is 7. The Morgan fingerprint density at radius 2 is 1.81 bits per heavy atom. The van der Waals surface area contributed by atoms with Crippen molar-refractivity contribution in [2.24, 2.45) is 12.5 Å². The maximum atomic E-state index is 13.2. The minimum absolute atomic E-state index is 0.0202. The summed E-state index contributed by atoms with van der Waals surface area (Å²) in [5.41, 5.74) is 4.14. The smallest absolute Gasteiger partial charge is 0.258 e. The van der Waals surface area contributed by atoms with Gasteiger partial charge in [0, 0.05) is 61.1 Å². The Morgan fingerprint density at radius 1 is 1.06 bits per heavy atom. The summed E-state index contributed by atoms with van der Waals surface area (Å²) in [7, 11) is 1.76. The number of aryl methyl sites for hydroxylation is 1. The number of hydrogen-bond donors (Lipinski definition) is 2. The lowest BCUT2D eigenvalue weighted by Gasteiger charge is -2.40. The van der Waals surface area contributed by atoms with Gasteiger partial charge in [-0.3, -0.25) is 14.7 Å². The predicted octanol–water partition coefficient (Wildman–Crippen LogP) is 7.30. The van der Waals surface area contributed by atoms with E-state index < -0.39 is 6.04 Å². The molecule has 0 saturated carbocycles. The molecule has 48 heavy (non-hydrogen) atoms. The molecular weight excluding hydrogens is 622 g/mol. The van der Waals surface area contributed by atoms with Gasteiger partial charge in [0.05, 0.1) is 40.1 Å². The minimum Gasteiger partial charge on any atom is -0.383 e. The van der Waals surface area contributed by atoms with Gasteiger partial charge in [-0.2, -0.15) is 5.26 Å². The fourth-order valence-corrected chi connectivity index (χ4v) is 6.77. The predicted molar refractivity (Wildman–Crippen MR) is 194 cm³/mol. The molecule has 5 aromatic rings. The standard InChI is InChI=1S/C37H44ClN9O/c1-36(2,3)22-41-32-23(19-39)20-40-33-29(32)17-24(18-30(33)38)42-34(27-9-8-10-28-26(27)13-14-45(7)35(28)48)31-21-47(44-43-31)25-11-15-46(16-12-25)37(4,5)6/h8-10,13-14,17-18,20-21,25,34,42H,11-12,15-16,22H2,1-7H3,(H,40,41). The average molecular weight is 666 g/mol. The SMILES string of the molecule is Cn1ccc2c(C(Nc3cc(Cl)c4ncc(C#N)c(NCC(C)(C)C)c4c3)c3cn(C4CCN(C(C)(C)C)CC4)nn3)cccc2c1=O. The molecule has 1 aliphatic heterocycles. The molecule has 250 valence electrons. The second-order valence-corrected chi connectivity index (χ2v) is 15.5. The summed E-state index contributed by atoms with van der Waals surface area (Å²) in [6.45, 7) is 15.8. The lowest BCUT2D eigenvalue weighted by molar-refractivity contribution is 0.0866. The molecule has 1 aliphatic rings. The number of halogens is 1. The summed E-state index contributed by atoms with van der Waals surface area (Å²) in [6, 6.07) is 13.6. The lowest BCUT2D eigenvalue weighted by atomic mass is 9.96. The summed E-state index contributed by atoms with van der Waals surface area (Å²) >= 11 is 6.88. The number of fused-ring (bicyclic) bond motifs is 2. The quantitative estimate of drug-likeness (QED) is 0.186. The van der Waals surface area contributed by atoms with Crippen molar-refractivity contribution in [1.82, 2.24) is 29.4 Å². The van der Waals surface area contributed by atoms with Crippen molar-refractivity contribution in [3.8, 4) is 6.07 Å². The van der Waals surface area contributed by atoms with Gasteiger partial charge in [0.1, 0.15) is 11.8 Å². The molecule has 2 aromatic carbocycles. The third-order valence-electron chi connectivity index (χ3n) is 9.23. The maximum Gasteiger partial charge on any atom is 0.258 e. The lowest BCUT2D eigenvalue weighted by Crippen LogP contribution is -2.46. The molecular formula is C37H44ClN9O. The molecule has 0 radical (unpaired) electrons. The number of aromatic nitrogens is 5. The van der Waals surface area contributed by atoms with Gasteiger partial charge >= 0.3 is 0 Å². The first kappa shape index (κ1) is 33.4. The van der Waals surface area contributed by atoms with E-state index in [1.807, 2.05) is 47.3 Å². The fraction of sp³-hybridized carbons (Fsp3) is 0.432. The monoisotopic (exact) mass is 665 g/mol. The van der Waals surface area contributed by atoms with E-state index in [-0.39, 0.29) is 22.6 Å². The molecule has 4 heterocycles. The molecule has 0 aliphatic carbocycles. The van der Waals surface area contributed by atoms with Crippen LogP contribution in [0, 0.1) is 16.7 Å². The van der Waals surface area contributed by atoms with E-state index in [2.05, 4.69) is 73.3 Å². The third kappa shape index (κ3) is 6.75. The molecule has 6 rings (SSSR count). The van der Waals surface area contributed by atoms with Gasteiger partial charge in [-0.25, -0.2) is 4.68 Å². The van der Waals surface area contributed by atoms with Gasteiger partial charge in [0.2, 0.25) is 0 Å². The zero-order chi connectivity index (χ0) is 34.4. The Kier molecular flexibility index (Phi) is 8.96. The first-order valence-electron chi connectivity index (χ1n) is 16.5. The molecule has 1 fully saturated rings. The van der Waals surface area contributed by atoms with E-state index in [0.717, 1.165) is 53.6 Å². The van der Waals surface area contributed by atoms with Crippen molar-refractivity contribution in [2.75, 3.05) is 30.3 Å². The van der Waals surface area contributed by atoms with Crippen LogP contribution < -0.4 is 16.2 Å². The first-order valence-corrected chi connectivity index (χ1v) is 16.9. The topological polar surface area (TPSA) is 117 Å². The number of benzene rings is 2. The zero-order valence-electron chi connectivity index (χ0n) is 28.8. The number of pyridine rings is 2. The highest BCUT2D eigenvalue weighted by Crippen LogP contribution is 2.37. The van der Waals surface area contributed by atoms with Crippen molar-refractivity contribution < 1.29 is 0 Å². The van der Waals surface area contributed by atoms with Gasteiger partial charge in [-0.05, 0) is 74.2 Å². The van der Waals surface area contributed by atoms with Crippen LogP contribution in [-0.2, 0) is 7.05 Å². The Bertz CT molecular complexity index is 2070. The molecule has 1 unspecified atom stereocenters. The van der Waals surface area contributed by atoms with Crippen LogP contribution in [0.2, 0.25) is 5.02 Å². The highest BCUT2D eigenvalue weighted by Gasteiger charge is 2.29. The number of hydrogen-bond acceptors (Lipinski definition) is 8. The number of piperidine rings is 1. The Balaban J connectivity index is 1.44. The molecule has 0 amide bonds. The Labute approximate surface area is 286 Å². The van der Waals surface area contributed by atoms with Crippen LogP contribution in [0.1, 0.15) is 83.3 Å². The van der Waals surface area contributed by atoms with Gasteiger partial charge < -0.3 is 15.2 Å². The van der Waals surface area contributed by atoms with Crippen molar-refractivity contribution in [1.29, 1.82) is 5.26 Å². The van der Waals surface area contributed by atoms with Crippen molar-refractivity contribution in [2.45, 2.75) is 72.0 Å². The summed E-state index contributed by atoms with van der Waals surface area (Å²) in [6.07, 6.45) is 7.36. The second-order valence-electron chi connectivity index (χ2n) is 15.1. The first-order chi connectivity index (χ1) is 22.7. The highest BCUT2D eigenvalue weighted by atomic mass is 35.5. The van der Waals surface area contributed by atoms with Gasteiger partial charge in [0.15, 0.2) is 0 Å². The summed E-state index contributed by atoms with van der Waals surface area (Å²) < 4.78 is 3.59. The van der Waals surface area contributed by atoms with E-state index >= 15 is 0 Å². The Morgan fingerprint density at radius 3 is 2.50 bits per heavy atom. The van der Waals surface area contributed by atoms with Crippen LogP contribution in [0.3, 0.4) is 0 Å². The number of likely N-dealkylation sites (tertiary alicyclic amines) is 1. The maximum absolute atomic E-state index is 13.2. The van der Waals surface area contributed by atoms with Crippen molar-refractivity contribution in [3.63, 3.8) is 0 Å². The van der Waals surface area contributed by atoms with Crippen LogP contribution in [0.5, 0.6) is 0 Å². The number of nitrogens with one attached hydrogen (secondary N) is 2. The minimum atomic E-state index is -0.462. The number of anilines is 2. The third-order valence-corrected chi connectivity index (χ3v) is 9.52. The molecule has 11 heteroatoms. The van der Waals surface area contributed by atoms with Crippen LogP contribution in [0.4, 0.5) is 11.4 Å². The molecule has 10 nitrogen and oxygen atoms in total. The number of nitrogens with zero attached hydrogens (tertiary/aromatic N) is 7.